The summed E-state index contributed by atoms with van der Waals surface area (Å²) in [5.74, 6) is -0.117. The predicted octanol–water partition coefficient (Wildman–Crippen LogP) is 2.43. The Morgan fingerprint density at radius 2 is 2.30 bits per heavy atom. The van der Waals surface area contributed by atoms with Gasteiger partial charge in [0.15, 0.2) is 0 Å². The summed E-state index contributed by atoms with van der Waals surface area (Å²) in [5, 5.41) is 0. The second-order valence-electron chi connectivity index (χ2n) is 4.68. The van der Waals surface area contributed by atoms with Crippen LogP contribution in [-0.2, 0) is 16.1 Å². The second kappa shape index (κ2) is 6.65. The highest BCUT2D eigenvalue weighted by Gasteiger charge is 2.31. The molecule has 1 aliphatic heterocycles. The number of carbonyl (C=O) groups is 1. The van der Waals surface area contributed by atoms with Crippen LogP contribution in [0.3, 0.4) is 0 Å². The van der Waals surface area contributed by atoms with Crippen molar-refractivity contribution < 1.29 is 23.0 Å². The van der Waals surface area contributed by atoms with Gasteiger partial charge in [-0.05, 0) is 37.1 Å². The van der Waals surface area contributed by atoms with Gasteiger partial charge in [0.25, 0.3) is 0 Å². The van der Waals surface area contributed by atoms with E-state index in [2.05, 4.69) is 4.74 Å². The smallest absolute Gasteiger partial charge is 0.387 e. The van der Waals surface area contributed by atoms with Crippen molar-refractivity contribution in [3.8, 4) is 5.75 Å². The molecule has 1 aromatic carbocycles. The number of carbonyl (C=O) groups excluding carboxylic acids is 1. The van der Waals surface area contributed by atoms with Gasteiger partial charge in [0, 0.05) is 6.54 Å². The molecule has 0 spiro atoms. The van der Waals surface area contributed by atoms with Crippen molar-refractivity contribution >= 4 is 5.97 Å². The first kappa shape index (κ1) is 14.7. The minimum Gasteiger partial charge on any atom is -0.468 e. The molecular weight excluding hydrogens is 268 g/mol. The molecule has 6 heteroatoms. The fourth-order valence-electron chi connectivity index (χ4n) is 2.47. The zero-order valence-electron chi connectivity index (χ0n) is 11.2. The number of likely N-dealkylation sites (tertiary alicyclic amines) is 1. The molecule has 0 aromatic heterocycles. The van der Waals surface area contributed by atoms with Crippen LogP contribution in [0.4, 0.5) is 8.78 Å². The first-order chi connectivity index (χ1) is 9.60. The molecule has 2 rings (SSSR count). The first-order valence-electron chi connectivity index (χ1n) is 6.46. The van der Waals surface area contributed by atoms with Crippen molar-refractivity contribution in [2.45, 2.75) is 32.0 Å². The number of rotatable bonds is 5. The Hall–Kier alpha value is -1.69. The van der Waals surface area contributed by atoms with Crippen LogP contribution < -0.4 is 4.74 Å². The van der Waals surface area contributed by atoms with Crippen LogP contribution in [0.1, 0.15) is 18.4 Å². The van der Waals surface area contributed by atoms with Crippen molar-refractivity contribution in [3.63, 3.8) is 0 Å². The number of halogens is 2. The summed E-state index contributed by atoms with van der Waals surface area (Å²) in [6, 6.07) is 6.29. The van der Waals surface area contributed by atoms with Gasteiger partial charge in [-0.15, -0.1) is 0 Å². The molecule has 20 heavy (non-hydrogen) atoms. The molecule has 0 amide bonds. The lowest BCUT2D eigenvalue weighted by Crippen LogP contribution is -2.36. The maximum atomic E-state index is 12.2. The molecule has 110 valence electrons. The maximum Gasteiger partial charge on any atom is 0.387 e. The Labute approximate surface area is 116 Å². The monoisotopic (exact) mass is 285 g/mol. The van der Waals surface area contributed by atoms with Crippen LogP contribution in [0.2, 0.25) is 0 Å². The molecule has 1 heterocycles. The standard InChI is InChI=1S/C14H17F2NO3/c1-19-13(18)12-6-3-7-17(12)9-10-4-2-5-11(8-10)20-14(15)16/h2,4-5,8,12,14H,3,6-7,9H2,1H3. The molecule has 0 saturated carbocycles. The van der Waals surface area contributed by atoms with E-state index in [-0.39, 0.29) is 17.8 Å². The van der Waals surface area contributed by atoms with E-state index >= 15 is 0 Å². The fraction of sp³-hybridized carbons (Fsp3) is 0.500. The summed E-state index contributed by atoms with van der Waals surface area (Å²) in [6.07, 6.45) is 1.69. The maximum absolute atomic E-state index is 12.2. The number of benzene rings is 1. The SMILES string of the molecule is COC(=O)C1CCCN1Cc1cccc(OC(F)F)c1. The number of hydrogen-bond donors (Lipinski definition) is 0. The summed E-state index contributed by atoms with van der Waals surface area (Å²) < 4.78 is 33.5. The van der Waals surface area contributed by atoms with E-state index in [1.807, 2.05) is 11.0 Å². The summed E-state index contributed by atoms with van der Waals surface area (Å²) in [4.78, 5) is 13.6. The van der Waals surface area contributed by atoms with E-state index in [1.165, 1.54) is 13.2 Å². The Bertz CT molecular complexity index is 467. The lowest BCUT2D eigenvalue weighted by molar-refractivity contribution is -0.146. The number of ether oxygens (including phenoxy) is 2. The first-order valence-corrected chi connectivity index (χ1v) is 6.46. The van der Waals surface area contributed by atoms with Gasteiger partial charge in [-0.25, -0.2) is 0 Å². The molecule has 1 aliphatic rings. The zero-order chi connectivity index (χ0) is 14.5. The number of methoxy groups -OCH3 is 1. The number of nitrogens with zero attached hydrogens (tertiary/aromatic N) is 1. The average molecular weight is 285 g/mol. The van der Waals surface area contributed by atoms with E-state index in [1.54, 1.807) is 12.1 Å². The van der Waals surface area contributed by atoms with Crippen LogP contribution in [0.5, 0.6) is 5.75 Å². The van der Waals surface area contributed by atoms with Crippen molar-refractivity contribution in [3.05, 3.63) is 29.8 Å². The molecule has 1 fully saturated rings. The van der Waals surface area contributed by atoms with Gasteiger partial charge in [0.1, 0.15) is 11.8 Å². The Morgan fingerprint density at radius 1 is 1.50 bits per heavy atom. The molecule has 0 N–H and O–H groups in total. The van der Waals surface area contributed by atoms with Crippen LogP contribution >= 0.6 is 0 Å². The van der Waals surface area contributed by atoms with E-state index in [4.69, 9.17) is 4.74 Å². The highest BCUT2D eigenvalue weighted by Crippen LogP contribution is 2.23. The molecule has 1 aromatic rings. The van der Waals surface area contributed by atoms with Crippen molar-refractivity contribution in [1.82, 2.24) is 4.90 Å². The minimum absolute atomic E-state index is 0.131. The van der Waals surface area contributed by atoms with Crippen molar-refractivity contribution in [1.29, 1.82) is 0 Å². The van der Waals surface area contributed by atoms with Gasteiger partial charge in [0.05, 0.1) is 7.11 Å². The van der Waals surface area contributed by atoms with Crippen LogP contribution in [0.15, 0.2) is 24.3 Å². The molecule has 4 nitrogen and oxygen atoms in total. The quantitative estimate of drug-likeness (QED) is 0.779. The van der Waals surface area contributed by atoms with Gasteiger partial charge in [-0.2, -0.15) is 8.78 Å². The predicted molar refractivity (Wildman–Crippen MR) is 68.5 cm³/mol. The molecular formula is C14H17F2NO3. The highest BCUT2D eigenvalue weighted by molar-refractivity contribution is 5.75. The molecule has 1 unspecified atom stereocenters. The molecule has 0 aliphatic carbocycles. The van der Waals surface area contributed by atoms with Crippen molar-refractivity contribution in [2.24, 2.45) is 0 Å². The van der Waals surface area contributed by atoms with Crippen LogP contribution in [0.25, 0.3) is 0 Å². The zero-order valence-corrected chi connectivity index (χ0v) is 11.2. The number of hydrogen-bond acceptors (Lipinski definition) is 4. The number of esters is 1. The summed E-state index contributed by atoms with van der Waals surface area (Å²) in [5.41, 5.74) is 0.832. The summed E-state index contributed by atoms with van der Waals surface area (Å²) in [7, 11) is 1.37. The Morgan fingerprint density at radius 3 is 3.00 bits per heavy atom. The van der Waals surface area contributed by atoms with E-state index in [9.17, 15) is 13.6 Å². The van der Waals surface area contributed by atoms with Gasteiger partial charge in [-0.1, -0.05) is 12.1 Å². The minimum atomic E-state index is -2.83. The Balaban J connectivity index is 2.03. The van der Waals surface area contributed by atoms with Gasteiger partial charge >= 0.3 is 12.6 Å². The molecule has 1 saturated heterocycles. The third kappa shape index (κ3) is 3.66. The normalized spacial score (nSPS) is 19.3. The van der Waals surface area contributed by atoms with E-state index in [0.717, 1.165) is 24.9 Å². The third-order valence-corrected chi connectivity index (χ3v) is 3.35. The average Bonchev–Trinajstić information content (AvgIpc) is 2.85. The number of alkyl halides is 2. The highest BCUT2D eigenvalue weighted by atomic mass is 19.3. The molecule has 0 bridgehead atoms. The van der Waals surface area contributed by atoms with Crippen LogP contribution in [-0.4, -0.2) is 37.2 Å². The second-order valence-corrected chi connectivity index (χ2v) is 4.68. The summed E-state index contributed by atoms with van der Waals surface area (Å²) in [6.45, 7) is -1.53. The topological polar surface area (TPSA) is 38.8 Å². The lowest BCUT2D eigenvalue weighted by Gasteiger charge is -2.22. The van der Waals surface area contributed by atoms with Crippen LogP contribution in [0, 0.1) is 0 Å². The van der Waals surface area contributed by atoms with Gasteiger partial charge in [0.2, 0.25) is 0 Å². The van der Waals surface area contributed by atoms with E-state index < -0.39 is 6.61 Å². The summed E-state index contributed by atoms with van der Waals surface area (Å²) >= 11 is 0. The van der Waals surface area contributed by atoms with Gasteiger partial charge < -0.3 is 9.47 Å². The molecule has 1 atom stereocenters. The Kier molecular flexibility index (Phi) is 4.89. The van der Waals surface area contributed by atoms with Crippen molar-refractivity contribution in [2.75, 3.05) is 13.7 Å². The van der Waals surface area contributed by atoms with E-state index in [0.29, 0.717) is 6.54 Å². The lowest BCUT2D eigenvalue weighted by atomic mass is 10.1. The fourth-order valence-corrected chi connectivity index (χ4v) is 2.47. The van der Waals surface area contributed by atoms with Gasteiger partial charge in [-0.3, -0.25) is 9.69 Å². The third-order valence-electron chi connectivity index (χ3n) is 3.35. The molecule has 0 radical (unpaired) electrons. The largest absolute Gasteiger partial charge is 0.468 e.